The molecule has 0 aliphatic carbocycles. The van der Waals surface area contributed by atoms with E-state index in [0.29, 0.717) is 5.82 Å². The molecule has 0 bridgehead atoms. The first kappa shape index (κ1) is 34.0. The molecular weight excluding hydrogens is 693 g/mol. The molecular formula is C53H38N4. The Morgan fingerprint density at radius 2 is 0.860 bits per heavy atom. The number of hydrogen-bond donors (Lipinski definition) is 0. The Morgan fingerprint density at radius 1 is 0.439 bits per heavy atom. The number of benzene rings is 7. The Balaban J connectivity index is 1.16. The molecule has 10 rings (SSSR count). The van der Waals surface area contributed by atoms with Crippen LogP contribution in [0.1, 0.15) is 12.7 Å². The summed E-state index contributed by atoms with van der Waals surface area (Å²) < 4.78 is 4.82. The zero-order valence-electron chi connectivity index (χ0n) is 31.5. The summed E-state index contributed by atoms with van der Waals surface area (Å²) in [5, 5.41) is 4.95. The van der Waals surface area contributed by atoms with Crippen molar-refractivity contribution in [2.24, 2.45) is 0 Å². The molecule has 270 valence electrons. The van der Waals surface area contributed by atoms with Crippen molar-refractivity contribution in [3.63, 3.8) is 0 Å². The van der Waals surface area contributed by atoms with E-state index < -0.39 is 0 Å². The smallest absolute Gasteiger partial charge is 0.156 e. The predicted molar refractivity (Wildman–Crippen MR) is 240 cm³/mol. The third-order valence-electron chi connectivity index (χ3n) is 10.8. The van der Waals surface area contributed by atoms with E-state index in [0.717, 1.165) is 50.6 Å². The van der Waals surface area contributed by atoms with Gasteiger partial charge < -0.3 is 9.13 Å². The summed E-state index contributed by atoms with van der Waals surface area (Å²) in [7, 11) is 0. The van der Waals surface area contributed by atoms with E-state index in [-0.39, 0.29) is 0 Å². The summed E-state index contributed by atoms with van der Waals surface area (Å²) in [5.74, 6) is 0.693. The summed E-state index contributed by atoms with van der Waals surface area (Å²) >= 11 is 0. The Kier molecular flexibility index (Phi) is 8.50. The molecule has 0 saturated heterocycles. The van der Waals surface area contributed by atoms with Crippen LogP contribution in [0.3, 0.4) is 0 Å². The van der Waals surface area contributed by atoms with Gasteiger partial charge in [-0.25, -0.2) is 9.97 Å². The SMILES string of the molecule is C=C/C=C\C=C(/C)c1nc(-c2ccccc2)cc(-c2ccc(-c3cc(-n4c5ccccc5c5ccccc54)cc(-n4c5ccccc5c5ccccc54)c3)cc2)n1. The minimum absolute atomic E-state index is 0.693. The molecule has 0 aliphatic rings. The maximum Gasteiger partial charge on any atom is 0.156 e. The lowest BCUT2D eigenvalue weighted by molar-refractivity contribution is 1.12. The first-order valence-electron chi connectivity index (χ1n) is 19.3. The van der Waals surface area contributed by atoms with Gasteiger partial charge in [0.2, 0.25) is 0 Å². The van der Waals surface area contributed by atoms with Crippen LogP contribution >= 0.6 is 0 Å². The van der Waals surface area contributed by atoms with Crippen LogP contribution in [0.15, 0.2) is 207 Å². The molecule has 0 spiro atoms. The Labute approximate surface area is 331 Å². The molecule has 3 aromatic heterocycles. The van der Waals surface area contributed by atoms with Crippen LogP contribution in [0.4, 0.5) is 0 Å². The van der Waals surface area contributed by atoms with Crippen LogP contribution in [-0.2, 0) is 0 Å². The largest absolute Gasteiger partial charge is 0.309 e. The Hall–Kier alpha value is -7.56. The predicted octanol–water partition coefficient (Wildman–Crippen LogP) is 13.8. The van der Waals surface area contributed by atoms with E-state index in [1.54, 1.807) is 6.08 Å². The van der Waals surface area contributed by atoms with Gasteiger partial charge in [-0.3, -0.25) is 0 Å². The zero-order chi connectivity index (χ0) is 38.3. The fraction of sp³-hybridized carbons (Fsp3) is 0.0189. The zero-order valence-corrected chi connectivity index (χ0v) is 31.5. The maximum absolute atomic E-state index is 5.08. The molecule has 0 radical (unpaired) electrons. The lowest BCUT2D eigenvalue weighted by Crippen LogP contribution is -2.00. The molecule has 0 unspecified atom stereocenters. The number of allylic oxidation sites excluding steroid dienone is 5. The molecule has 0 atom stereocenters. The van der Waals surface area contributed by atoms with Crippen molar-refractivity contribution in [3.05, 3.63) is 213 Å². The van der Waals surface area contributed by atoms with Gasteiger partial charge in [-0.2, -0.15) is 0 Å². The van der Waals surface area contributed by atoms with E-state index in [4.69, 9.17) is 9.97 Å². The van der Waals surface area contributed by atoms with Crippen molar-refractivity contribution < 1.29 is 0 Å². The highest BCUT2D eigenvalue weighted by Gasteiger charge is 2.18. The van der Waals surface area contributed by atoms with Crippen molar-refractivity contribution >= 4 is 49.2 Å². The van der Waals surface area contributed by atoms with Crippen LogP contribution in [-0.4, -0.2) is 19.1 Å². The number of aromatic nitrogens is 4. The molecule has 0 N–H and O–H groups in total. The average Bonchev–Trinajstić information content (AvgIpc) is 3.80. The van der Waals surface area contributed by atoms with E-state index in [1.165, 1.54) is 43.6 Å². The molecule has 4 nitrogen and oxygen atoms in total. The second-order valence-electron chi connectivity index (χ2n) is 14.4. The number of rotatable bonds is 8. The topological polar surface area (TPSA) is 35.6 Å². The van der Waals surface area contributed by atoms with E-state index >= 15 is 0 Å². The molecule has 0 saturated carbocycles. The standard InChI is InChI=1S/C53H38N4/c1-3-4-6-17-36(2)53-54-47(38-18-7-5-8-19-38)35-48(55-53)39-30-28-37(29-31-39)40-32-41(56-49-24-13-9-20-43(49)44-21-10-14-25-50(44)56)34-42(33-40)57-51-26-15-11-22-45(51)46-23-12-16-27-52(46)57/h3-35H,1H2,2H3/b6-4-,36-17+. The summed E-state index contributed by atoms with van der Waals surface area (Å²) in [6, 6.07) is 63.0. The van der Waals surface area contributed by atoms with E-state index in [1.807, 2.05) is 43.4 Å². The monoisotopic (exact) mass is 730 g/mol. The van der Waals surface area contributed by atoms with Crippen LogP contribution in [0.2, 0.25) is 0 Å². The van der Waals surface area contributed by atoms with Crippen molar-refractivity contribution in [1.29, 1.82) is 0 Å². The van der Waals surface area contributed by atoms with Gasteiger partial charge in [0, 0.05) is 44.0 Å². The van der Waals surface area contributed by atoms with Gasteiger partial charge in [0.25, 0.3) is 0 Å². The highest BCUT2D eigenvalue weighted by Crippen LogP contribution is 2.38. The van der Waals surface area contributed by atoms with E-state index in [2.05, 4.69) is 173 Å². The van der Waals surface area contributed by atoms with Gasteiger partial charge in [-0.15, -0.1) is 0 Å². The summed E-state index contributed by atoms with van der Waals surface area (Å²) in [4.78, 5) is 10.1. The van der Waals surface area contributed by atoms with Crippen LogP contribution in [0, 0.1) is 0 Å². The molecule has 0 amide bonds. The first-order valence-corrected chi connectivity index (χ1v) is 19.3. The summed E-state index contributed by atoms with van der Waals surface area (Å²) in [6.07, 6.45) is 7.67. The second kappa shape index (κ2) is 14.3. The fourth-order valence-electron chi connectivity index (χ4n) is 8.14. The van der Waals surface area contributed by atoms with E-state index in [9.17, 15) is 0 Å². The maximum atomic E-state index is 5.08. The number of para-hydroxylation sites is 4. The fourth-order valence-corrected chi connectivity index (χ4v) is 8.14. The lowest BCUT2D eigenvalue weighted by Gasteiger charge is -2.16. The van der Waals surface area contributed by atoms with Crippen LogP contribution < -0.4 is 0 Å². The van der Waals surface area contributed by atoms with Crippen LogP contribution in [0.25, 0.3) is 94.2 Å². The lowest BCUT2D eigenvalue weighted by atomic mass is 10.0. The summed E-state index contributed by atoms with van der Waals surface area (Å²) in [6.45, 7) is 5.85. The van der Waals surface area contributed by atoms with Gasteiger partial charge in [-0.05, 0) is 72.2 Å². The van der Waals surface area contributed by atoms with Crippen molar-refractivity contribution in [3.8, 4) is 45.0 Å². The Bertz CT molecular complexity index is 2960. The van der Waals surface area contributed by atoms with Crippen molar-refractivity contribution in [2.45, 2.75) is 6.92 Å². The van der Waals surface area contributed by atoms with Gasteiger partial charge in [0.15, 0.2) is 5.82 Å². The minimum Gasteiger partial charge on any atom is -0.309 e. The van der Waals surface area contributed by atoms with Crippen molar-refractivity contribution in [2.75, 3.05) is 0 Å². The second-order valence-corrected chi connectivity index (χ2v) is 14.4. The first-order chi connectivity index (χ1) is 28.1. The third-order valence-corrected chi connectivity index (χ3v) is 10.8. The van der Waals surface area contributed by atoms with Gasteiger partial charge in [0.05, 0.1) is 33.5 Å². The normalized spacial score (nSPS) is 12.1. The molecule has 4 heteroatoms. The number of nitrogens with zero attached hydrogens (tertiary/aromatic N) is 4. The van der Waals surface area contributed by atoms with Gasteiger partial charge >= 0.3 is 0 Å². The summed E-state index contributed by atoms with van der Waals surface area (Å²) in [5.41, 5.74) is 14.0. The minimum atomic E-state index is 0.693. The van der Waals surface area contributed by atoms with Gasteiger partial charge in [-0.1, -0.05) is 158 Å². The highest BCUT2D eigenvalue weighted by molar-refractivity contribution is 6.10. The molecule has 57 heavy (non-hydrogen) atoms. The molecule has 7 aromatic carbocycles. The average molecular weight is 731 g/mol. The molecule has 0 aliphatic heterocycles. The van der Waals surface area contributed by atoms with Gasteiger partial charge in [0.1, 0.15) is 0 Å². The van der Waals surface area contributed by atoms with Crippen molar-refractivity contribution in [1.82, 2.24) is 19.1 Å². The molecule has 10 aromatic rings. The number of hydrogen-bond acceptors (Lipinski definition) is 2. The third kappa shape index (κ3) is 6.05. The number of fused-ring (bicyclic) bond motifs is 6. The quantitative estimate of drug-likeness (QED) is 0.146. The highest BCUT2D eigenvalue weighted by atomic mass is 15.0. The Morgan fingerprint density at radius 3 is 1.33 bits per heavy atom. The van der Waals surface area contributed by atoms with Crippen LogP contribution in [0.5, 0.6) is 0 Å². The molecule has 3 heterocycles. The molecule has 0 fully saturated rings.